The molecule has 0 saturated heterocycles. The van der Waals surface area contributed by atoms with E-state index in [2.05, 4.69) is 15.6 Å². The maximum Gasteiger partial charge on any atom is 0.345 e. The van der Waals surface area contributed by atoms with Gasteiger partial charge in [0.25, 0.3) is 5.91 Å². The van der Waals surface area contributed by atoms with E-state index in [0.29, 0.717) is 11.3 Å². The highest BCUT2D eigenvalue weighted by atomic mass is 35.5. The molecule has 1 heterocycles. The number of halogens is 1. The fourth-order valence-electron chi connectivity index (χ4n) is 3.25. The number of amides is 1. The number of rotatable bonds is 8. The van der Waals surface area contributed by atoms with E-state index in [1.807, 2.05) is 0 Å². The second kappa shape index (κ2) is 10.8. The van der Waals surface area contributed by atoms with Crippen molar-refractivity contribution in [1.82, 2.24) is 15.2 Å². The molecule has 0 saturated carbocycles. The quantitative estimate of drug-likeness (QED) is 0.163. The van der Waals surface area contributed by atoms with Crippen molar-refractivity contribution < 1.29 is 24.0 Å². The molecule has 1 aromatic heterocycles. The van der Waals surface area contributed by atoms with Gasteiger partial charge in [-0.25, -0.2) is 10.2 Å². The van der Waals surface area contributed by atoms with Gasteiger partial charge in [-0.15, -0.1) is 0 Å². The van der Waals surface area contributed by atoms with Gasteiger partial charge in [0, 0.05) is 5.56 Å². The van der Waals surface area contributed by atoms with E-state index in [1.165, 1.54) is 25.6 Å². The highest BCUT2D eigenvalue weighted by Crippen LogP contribution is 2.30. The Hall–Kier alpha value is -4.25. The van der Waals surface area contributed by atoms with Crippen molar-refractivity contribution >= 4 is 34.9 Å². The second-order valence-corrected chi connectivity index (χ2v) is 7.81. The molecule has 0 aliphatic carbocycles. The first kappa shape index (κ1) is 25.4. The summed E-state index contributed by atoms with van der Waals surface area (Å²) < 4.78 is 12.0. The third-order valence-electron chi connectivity index (χ3n) is 5.05. The summed E-state index contributed by atoms with van der Waals surface area (Å²) in [5, 5.41) is 19.5. The van der Waals surface area contributed by atoms with Crippen molar-refractivity contribution in [3.63, 3.8) is 0 Å². The Morgan fingerprint density at radius 3 is 2.54 bits per heavy atom. The lowest BCUT2D eigenvalue weighted by Crippen LogP contribution is -2.25. The third-order valence-corrected chi connectivity index (χ3v) is 5.37. The Balaban J connectivity index is 1.71. The van der Waals surface area contributed by atoms with Gasteiger partial charge in [-0.2, -0.15) is 10.2 Å². The van der Waals surface area contributed by atoms with Crippen LogP contribution in [-0.4, -0.2) is 39.4 Å². The number of esters is 1. The molecule has 2 aromatic carbocycles. The summed E-state index contributed by atoms with van der Waals surface area (Å²) in [6, 6.07) is 11.3. The van der Waals surface area contributed by atoms with Crippen molar-refractivity contribution in [3.8, 4) is 11.5 Å². The lowest BCUT2D eigenvalue weighted by Gasteiger charge is -2.12. The molecule has 11 nitrogen and oxygen atoms in total. The largest absolute Gasteiger partial charge is 0.493 e. The van der Waals surface area contributed by atoms with E-state index in [9.17, 15) is 19.7 Å². The van der Waals surface area contributed by atoms with Crippen LogP contribution in [0.15, 0.2) is 47.6 Å². The molecule has 0 aliphatic rings. The van der Waals surface area contributed by atoms with Crippen LogP contribution >= 0.6 is 11.6 Å². The lowest BCUT2D eigenvalue weighted by atomic mass is 10.1. The minimum atomic E-state index is -0.635. The average molecular weight is 500 g/mol. The number of methoxy groups -OCH3 is 1. The molecule has 3 aromatic rings. The number of nitrogens with one attached hydrogen (secondary N) is 1. The standard InChI is InChI=1S/C23H22ClN5O6/c1-13(25-26-21(30)12-28-15(3)22(29(32)33)14(2)27-28)16-9-10-19(20(11-16)34-4)35-23(31)17-7-5-6-8-18(17)24/h5-11H,12H2,1-4H3,(H,26,30). The smallest absolute Gasteiger partial charge is 0.345 e. The Bertz CT molecular complexity index is 1330. The lowest BCUT2D eigenvalue weighted by molar-refractivity contribution is -0.386. The first-order valence-electron chi connectivity index (χ1n) is 10.3. The van der Waals surface area contributed by atoms with E-state index in [4.69, 9.17) is 21.1 Å². The van der Waals surface area contributed by atoms with Gasteiger partial charge in [0.1, 0.15) is 17.9 Å². The van der Waals surface area contributed by atoms with Gasteiger partial charge in [0.2, 0.25) is 0 Å². The number of hydrazone groups is 1. The predicted molar refractivity (Wildman–Crippen MR) is 128 cm³/mol. The van der Waals surface area contributed by atoms with E-state index in [0.717, 1.165) is 0 Å². The summed E-state index contributed by atoms with van der Waals surface area (Å²) >= 11 is 6.05. The normalized spacial score (nSPS) is 11.2. The topological polar surface area (TPSA) is 138 Å². The predicted octanol–water partition coefficient (Wildman–Crippen LogP) is 3.83. The molecule has 0 spiro atoms. The first-order valence-corrected chi connectivity index (χ1v) is 10.7. The van der Waals surface area contributed by atoms with Crippen molar-refractivity contribution in [2.75, 3.05) is 7.11 Å². The van der Waals surface area contributed by atoms with Crippen LogP contribution in [-0.2, 0) is 11.3 Å². The Kier molecular flexibility index (Phi) is 7.82. The van der Waals surface area contributed by atoms with Gasteiger partial charge < -0.3 is 9.47 Å². The van der Waals surface area contributed by atoms with E-state index in [1.54, 1.807) is 49.4 Å². The molecule has 0 aliphatic heterocycles. The number of nitro groups is 1. The maximum absolute atomic E-state index is 12.5. The molecule has 0 radical (unpaired) electrons. The molecule has 0 fully saturated rings. The summed E-state index contributed by atoms with van der Waals surface area (Å²) in [7, 11) is 1.42. The van der Waals surface area contributed by atoms with Gasteiger partial charge in [-0.3, -0.25) is 19.6 Å². The Morgan fingerprint density at radius 1 is 1.20 bits per heavy atom. The van der Waals surface area contributed by atoms with Crippen molar-refractivity contribution in [2.45, 2.75) is 27.3 Å². The highest BCUT2D eigenvalue weighted by Gasteiger charge is 2.22. The van der Waals surface area contributed by atoms with Crippen LogP contribution in [0.4, 0.5) is 5.69 Å². The van der Waals surface area contributed by atoms with Crippen molar-refractivity contribution in [1.29, 1.82) is 0 Å². The number of aryl methyl sites for hydroxylation is 1. The van der Waals surface area contributed by atoms with E-state index in [-0.39, 0.29) is 45.7 Å². The van der Waals surface area contributed by atoms with E-state index >= 15 is 0 Å². The molecule has 1 N–H and O–H groups in total. The number of ether oxygens (including phenoxy) is 2. The summed E-state index contributed by atoms with van der Waals surface area (Å²) in [6.45, 7) is 4.45. The van der Waals surface area contributed by atoms with Crippen LogP contribution in [0.25, 0.3) is 0 Å². The zero-order chi connectivity index (χ0) is 25.7. The van der Waals surface area contributed by atoms with Gasteiger partial charge in [0.15, 0.2) is 11.5 Å². The molecule has 0 unspecified atom stereocenters. The first-order chi connectivity index (χ1) is 16.6. The third kappa shape index (κ3) is 5.82. The zero-order valence-electron chi connectivity index (χ0n) is 19.4. The second-order valence-electron chi connectivity index (χ2n) is 7.40. The van der Waals surface area contributed by atoms with Gasteiger partial charge in [0.05, 0.1) is 28.3 Å². The monoisotopic (exact) mass is 499 g/mol. The molecular weight excluding hydrogens is 478 g/mol. The fourth-order valence-corrected chi connectivity index (χ4v) is 3.46. The van der Waals surface area contributed by atoms with Crippen LogP contribution in [0, 0.1) is 24.0 Å². The number of hydrogen-bond acceptors (Lipinski definition) is 8. The van der Waals surface area contributed by atoms with Crippen LogP contribution in [0.5, 0.6) is 11.5 Å². The van der Waals surface area contributed by atoms with Gasteiger partial charge >= 0.3 is 11.7 Å². The molecule has 12 heteroatoms. The van der Waals surface area contributed by atoms with Gasteiger partial charge in [-0.05, 0) is 51.1 Å². The molecule has 3 rings (SSSR count). The summed E-state index contributed by atoms with van der Waals surface area (Å²) in [5.41, 5.74) is 4.04. The number of carbonyl (C=O) groups excluding carboxylic acids is 2. The number of aromatic nitrogens is 2. The summed E-state index contributed by atoms with van der Waals surface area (Å²) in [6.07, 6.45) is 0. The van der Waals surface area contributed by atoms with E-state index < -0.39 is 16.8 Å². The van der Waals surface area contributed by atoms with Crippen molar-refractivity contribution in [3.05, 3.63) is 80.1 Å². The molecule has 1 amide bonds. The number of carbonyl (C=O) groups is 2. The SMILES string of the molecule is COc1cc(C(C)=NNC(=O)Cn2nc(C)c([N+](=O)[O-])c2C)ccc1OC(=O)c1ccccc1Cl. The molecular formula is C23H22ClN5O6. The number of nitrogens with zero attached hydrogens (tertiary/aromatic N) is 4. The van der Waals surface area contributed by atoms with Crippen LogP contribution < -0.4 is 14.9 Å². The molecule has 35 heavy (non-hydrogen) atoms. The highest BCUT2D eigenvalue weighted by molar-refractivity contribution is 6.33. The van der Waals surface area contributed by atoms with Crippen LogP contribution in [0.3, 0.4) is 0 Å². The Labute approximate surface area is 205 Å². The van der Waals surface area contributed by atoms with Crippen LogP contribution in [0.1, 0.15) is 34.2 Å². The molecule has 0 atom stereocenters. The number of benzene rings is 2. The summed E-state index contributed by atoms with van der Waals surface area (Å²) in [5.74, 6) is -0.686. The molecule has 182 valence electrons. The average Bonchev–Trinajstić information content (AvgIpc) is 3.10. The number of hydrogen-bond donors (Lipinski definition) is 1. The minimum absolute atomic E-state index is 0.125. The molecule has 0 bridgehead atoms. The minimum Gasteiger partial charge on any atom is -0.493 e. The maximum atomic E-state index is 12.5. The zero-order valence-corrected chi connectivity index (χ0v) is 20.1. The Morgan fingerprint density at radius 2 is 1.91 bits per heavy atom. The summed E-state index contributed by atoms with van der Waals surface area (Å²) in [4.78, 5) is 35.4. The fraction of sp³-hybridized carbons (Fsp3) is 0.217. The van der Waals surface area contributed by atoms with Crippen molar-refractivity contribution in [2.24, 2.45) is 5.10 Å². The van der Waals surface area contributed by atoms with Gasteiger partial charge in [-0.1, -0.05) is 23.7 Å². The van der Waals surface area contributed by atoms with Crippen LogP contribution in [0.2, 0.25) is 5.02 Å².